The molecule has 0 aromatic carbocycles. The maximum Gasteiger partial charge on any atom is 0.291 e. The third-order valence-corrected chi connectivity index (χ3v) is 5.18. The number of fused-ring (bicyclic) bond motifs is 1. The van der Waals surface area contributed by atoms with E-state index in [0.29, 0.717) is 43.4 Å². The standard InChI is InChI=1S/C17H25N3O4/c1-12-16(24-11-18-12)17(23)19-8-6-14-13(10-19)4-5-15(22)20(14)7-2-3-9-21/h11,13-14,21H,2-10H2,1H3/t13-,14+/m0/s1. The molecule has 0 radical (unpaired) electrons. The Balaban J connectivity index is 1.65. The summed E-state index contributed by atoms with van der Waals surface area (Å²) < 4.78 is 5.23. The third kappa shape index (κ3) is 3.31. The van der Waals surface area contributed by atoms with Crippen LogP contribution in [0.15, 0.2) is 10.8 Å². The third-order valence-electron chi connectivity index (χ3n) is 5.18. The minimum atomic E-state index is -0.104. The van der Waals surface area contributed by atoms with Crippen LogP contribution in [0, 0.1) is 12.8 Å². The number of hydrogen-bond acceptors (Lipinski definition) is 5. The topological polar surface area (TPSA) is 86.9 Å². The number of nitrogens with zero attached hydrogens (tertiary/aromatic N) is 3. The highest BCUT2D eigenvalue weighted by Crippen LogP contribution is 2.32. The van der Waals surface area contributed by atoms with E-state index in [1.165, 1.54) is 6.39 Å². The smallest absolute Gasteiger partial charge is 0.291 e. The molecule has 24 heavy (non-hydrogen) atoms. The van der Waals surface area contributed by atoms with Crippen molar-refractivity contribution in [2.75, 3.05) is 26.2 Å². The summed E-state index contributed by atoms with van der Waals surface area (Å²) in [6, 6.07) is 0.213. The Morgan fingerprint density at radius 2 is 2.25 bits per heavy atom. The van der Waals surface area contributed by atoms with E-state index in [-0.39, 0.29) is 24.5 Å². The molecule has 0 saturated carbocycles. The minimum Gasteiger partial charge on any atom is -0.438 e. The van der Waals surface area contributed by atoms with Crippen molar-refractivity contribution in [3.05, 3.63) is 17.8 Å². The molecule has 0 aliphatic carbocycles. The lowest BCUT2D eigenvalue weighted by atomic mass is 9.83. The predicted molar refractivity (Wildman–Crippen MR) is 86.3 cm³/mol. The molecule has 3 rings (SSSR count). The fraction of sp³-hybridized carbons (Fsp3) is 0.706. The molecule has 0 unspecified atom stereocenters. The van der Waals surface area contributed by atoms with E-state index in [2.05, 4.69) is 4.98 Å². The first-order valence-electron chi connectivity index (χ1n) is 8.71. The van der Waals surface area contributed by atoms with Crippen LogP contribution in [-0.4, -0.2) is 64.0 Å². The molecule has 0 bridgehead atoms. The number of rotatable bonds is 5. The lowest BCUT2D eigenvalue weighted by Gasteiger charge is -2.47. The van der Waals surface area contributed by atoms with Gasteiger partial charge in [0.25, 0.3) is 5.91 Å². The Kier molecular flexibility index (Phi) is 5.18. The van der Waals surface area contributed by atoms with Crippen molar-refractivity contribution in [3.63, 3.8) is 0 Å². The second kappa shape index (κ2) is 7.34. The molecule has 1 N–H and O–H groups in total. The van der Waals surface area contributed by atoms with Crippen molar-refractivity contribution in [2.45, 2.75) is 45.1 Å². The SMILES string of the molecule is Cc1ncoc1C(=O)N1CC[C@@H]2[C@@H](CCC(=O)N2CCCCO)C1. The van der Waals surface area contributed by atoms with Crippen LogP contribution >= 0.6 is 0 Å². The number of aryl methyl sites for hydroxylation is 1. The molecule has 3 heterocycles. The Morgan fingerprint density at radius 3 is 2.96 bits per heavy atom. The van der Waals surface area contributed by atoms with E-state index in [9.17, 15) is 9.59 Å². The average Bonchev–Trinajstić information content (AvgIpc) is 3.02. The maximum absolute atomic E-state index is 12.6. The first kappa shape index (κ1) is 17.0. The van der Waals surface area contributed by atoms with Gasteiger partial charge in [0.1, 0.15) is 0 Å². The highest BCUT2D eigenvalue weighted by atomic mass is 16.3. The molecule has 1 aromatic rings. The molecule has 7 nitrogen and oxygen atoms in total. The van der Waals surface area contributed by atoms with Gasteiger partial charge in [0, 0.05) is 38.7 Å². The normalized spacial score (nSPS) is 24.2. The monoisotopic (exact) mass is 335 g/mol. The molecule has 2 aliphatic heterocycles. The summed E-state index contributed by atoms with van der Waals surface area (Å²) >= 11 is 0. The second-order valence-electron chi connectivity index (χ2n) is 6.69. The first-order chi connectivity index (χ1) is 11.6. The number of oxazole rings is 1. The molecule has 0 spiro atoms. The summed E-state index contributed by atoms with van der Waals surface area (Å²) in [5, 5.41) is 8.94. The van der Waals surface area contributed by atoms with Crippen LogP contribution in [-0.2, 0) is 4.79 Å². The van der Waals surface area contributed by atoms with Crippen molar-refractivity contribution in [3.8, 4) is 0 Å². The number of carbonyl (C=O) groups is 2. The highest BCUT2D eigenvalue weighted by molar-refractivity contribution is 5.92. The van der Waals surface area contributed by atoms with E-state index >= 15 is 0 Å². The summed E-state index contributed by atoms with van der Waals surface area (Å²) in [5.74, 6) is 0.741. The Hall–Kier alpha value is -1.89. The van der Waals surface area contributed by atoms with Gasteiger partial charge in [-0.15, -0.1) is 0 Å². The van der Waals surface area contributed by atoms with Crippen molar-refractivity contribution in [1.82, 2.24) is 14.8 Å². The summed E-state index contributed by atoms with van der Waals surface area (Å²) in [7, 11) is 0. The van der Waals surface area contributed by atoms with Gasteiger partial charge in [0.05, 0.1) is 5.69 Å². The van der Waals surface area contributed by atoms with Crippen LogP contribution < -0.4 is 0 Å². The van der Waals surface area contributed by atoms with Crippen molar-refractivity contribution < 1.29 is 19.1 Å². The molecule has 1 aromatic heterocycles. The zero-order valence-corrected chi connectivity index (χ0v) is 14.1. The van der Waals surface area contributed by atoms with E-state index in [1.54, 1.807) is 6.92 Å². The van der Waals surface area contributed by atoms with Gasteiger partial charge in [-0.2, -0.15) is 0 Å². The summed E-state index contributed by atoms with van der Waals surface area (Å²) in [4.78, 5) is 32.6. The highest BCUT2D eigenvalue weighted by Gasteiger charge is 2.40. The molecular weight excluding hydrogens is 310 g/mol. The number of aliphatic hydroxyl groups excluding tert-OH is 1. The van der Waals surface area contributed by atoms with Gasteiger partial charge in [0.2, 0.25) is 11.7 Å². The van der Waals surface area contributed by atoms with E-state index < -0.39 is 0 Å². The summed E-state index contributed by atoms with van der Waals surface area (Å²) in [6.45, 7) is 3.92. The largest absolute Gasteiger partial charge is 0.438 e. The molecular formula is C17H25N3O4. The van der Waals surface area contributed by atoms with Gasteiger partial charge in [-0.25, -0.2) is 4.98 Å². The first-order valence-corrected chi connectivity index (χ1v) is 8.71. The number of hydrogen-bond donors (Lipinski definition) is 1. The van der Waals surface area contributed by atoms with Crippen LogP contribution in [0.1, 0.15) is 48.4 Å². The van der Waals surface area contributed by atoms with Gasteiger partial charge >= 0.3 is 0 Å². The number of amides is 2. The van der Waals surface area contributed by atoms with Gasteiger partial charge in [0.15, 0.2) is 6.39 Å². The molecule has 7 heteroatoms. The van der Waals surface area contributed by atoms with E-state index in [0.717, 1.165) is 25.7 Å². The zero-order chi connectivity index (χ0) is 17.1. The number of likely N-dealkylation sites (tertiary alicyclic amines) is 2. The van der Waals surface area contributed by atoms with E-state index in [1.807, 2.05) is 9.80 Å². The number of aliphatic hydroxyl groups is 1. The summed E-state index contributed by atoms with van der Waals surface area (Å²) in [6.07, 6.45) is 5.02. The van der Waals surface area contributed by atoms with Gasteiger partial charge in [-0.1, -0.05) is 0 Å². The number of unbranched alkanes of at least 4 members (excludes halogenated alkanes) is 1. The second-order valence-corrected chi connectivity index (χ2v) is 6.69. The maximum atomic E-state index is 12.6. The van der Waals surface area contributed by atoms with Crippen LogP contribution in [0.2, 0.25) is 0 Å². The fourth-order valence-electron chi connectivity index (χ4n) is 3.87. The lowest BCUT2D eigenvalue weighted by Crippen LogP contribution is -2.57. The van der Waals surface area contributed by atoms with Crippen LogP contribution in [0.5, 0.6) is 0 Å². The zero-order valence-electron chi connectivity index (χ0n) is 14.1. The quantitative estimate of drug-likeness (QED) is 0.817. The van der Waals surface area contributed by atoms with Gasteiger partial charge < -0.3 is 19.3 Å². The number of aromatic nitrogens is 1. The molecule has 2 saturated heterocycles. The van der Waals surface area contributed by atoms with Crippen molar-refractivity contribution >= 4 is 11.8 Å². The van der Waals surface area contributed by atoms with Crippen molar-refractivity contribution in [2.24, 2.45) is 5.92 Å². The molecule has 2 amide bonds. The number of piperidine rings is 2. The van der Waals surface area contributed by atoms with Crippen LogP contribution in [0.3, 0.4) is 0 Å². The van der Waals surface area contributed by atoms with E-state index in [4.69, 9.17) is 9.52 Å². The molecule has 2 fully saturated rings. The van der Waals surface area contributed by atoms with Crippen LogP contribution in [0.25, 0.3) is 0 Å². The molecule has 2 aliphatic rings. The lowest BCUT2D eigenvalue weighted by molar-refractivity contribution is -0.140. The Bertz CT molecular complexity index is 600. The van der Waals surface area contributed by atoms with Crippen molar-refractivity contribution in [1.29, 1.82) is 0 Å². The van der Waals surface area contributed by atoms with Gasteiger partial charge in [-0.05, 0) is 38.5 Å². The fourth-order valence-corrected chi connectivity index (χ4v) is 3.87. The Labute approximate surface area is 141 Å². The predicted octanol–water partition coefficient (Wildman–Crippen LogP) is 1.21. The average molecular weight is 335 g/mol. The molecule has 2 atom stereocenters. The Morgan fingerprint density at radius 1 is 1.42 bits per heavy atom. The molecule has 132 valence electrons. The van der Waals surface area contributed by atoms with Crippen LogP contribution in [0.4, 0.5) is 0 Å². The van der Waals surface area contributed by atoms with Gasteiger partial charge in [-0.3, -0.25) is 9.59 Å². The minimum absolute atomic E-state index is 0.104. The summed E-state index contributed by atoms with van der Waals surface area (Å²) in [5.41, 5.74) is 0.617. The number of carbonyl (C=O) groups excluding carboxylic acids is 2.